The Hall–Kier alpha value is -1.33. The second kappa shape index (κ2) is 8.14. The van der Waals surface area contributed by atoms with Crippen molar-refractivity contribution >= 4 is 8.78 Å². The van der Waals surface area contributed by atoms with Crippen LogP contribution < -0.4 is 0 Å². The zero-order chi connectivity index (χ0) is 17.9. The third kappa shape index (κ3) is 3.84. The summed E-state index contributed by atoms with van der Waals surface area (Å²) in [5, 5.41) is 0. The molecule has 0 atom stereocenters. The monoisotopic (exact) mass is 415 g/mol. The molecular formula is C25H25Zr-. The van der Waals surface area contributed by atoms with Crippen LogP contribution in [-0.2, 0) is 30.7 Å². The first-order chi connectivity index (χ1) is 12.7. The fraction of sp³-hybridized carbons (Fsp3) is 0.320. The molecule has 2 aromatic carbocycles. The summed E-state index contributed by atoms with van der Waals surface area (Å²) in [4.78, 5) is 0. The van der Waals surface area contributed by atoms with Crippen molar-refractivity contribution < 1.29 is 24.2 Å². The topological polar surface area (TPSA) is 0 Å². The number of benzene rings is 2. The van der Waals surface area contributed by atoms with E-state index in [4.69, 9.17) is 0 Å². The molecule has 1 heteroatoms. The van der Waals surface area contributed by atoms with Gasteiger partial charge in [-0.25, -0.2) is 0 Å². The number of hydrogen-bond acceptors (Lipinski definition) is 0. The molecule has 3 aliphatic rings. The van der Waals surface area contributed by atoms with Crippen molar-refractivity contribution in [3.05, 3.63) is 76.9 Å². The molecular weight excluding hydrogens is 391 g/mol. The van der Waals surface area contributed by atoms with Crippen LogP contribution in [0.15, 0.2) is 48.6 Å². The van der Waals surface area contributed by atoms with Crippen LogP contribution in [0.25, 0.3) is 16.7 Å². The summed E-state index contributed by atoms with van der Waals surface area (Å²) in [5.41, 5.74) is 9.65. The number of hydrogen-bond donors (Lipinski definition) is 0. The molecule has 0 bridgehead atoms. The molecule has 0 aromatic heterocycles. The zero-order valence-electron chi connectivity index (χ0n) is 15.6. The van der Waals surface area contributed by atoms with Crippen molar-refractivity contribution in [1.29, 1.82) is 0 Å². The summed E-state index contributed by atoms with van der Waals surface area (Å²) in [6.07, 6.45) is 15.9. The zero-order valence-corrected chi connectivity index (χ0v) is 18.0. The van der Waals surface area contributed by atoms with Crippen molar-refractivity contribution in [2.45, 2.75) is 51.9 Å². The molecule has 130 valence electrons. The number of aryl methyl sites for hydroxylation is 1. The van der Waals surface area contributed by atoms with E-state index in [0.29, 0.717) is 0 Å². The Morgan fingerprint density at radius 2 is 1.85 bits per heavy atom. The van der Waals surface area contributed by atoms with Crippen LogP contribution in [0.1, 0.15) is 60.8 Å². The Kier molecular flexibility index (Phi) is 5.65. The average molecular weight is 417 g/mol. The molecule has 1 fully saturated rings. The standard InChI is InChI=1S/C19H15.C6H10.Zr/c1-13-10-16(14-6-2-3-7-14)12-17-11-15-8-4-5-9-18(15)19(13)17;1-2-4-6-5-3-1;/h2-6,8-10H,7,11H2,1H3;1-5H2;/q-1;;. The third-order valence-electron chi connectivity index (χ3n) is 5.57. The molecule has 5 rings (SSSR count). The Morgan fingerprint density at radius 3 is 2.54 bits per heavy atom. The summed E-state index contributed by atoms with van der Waals surface area (Å²) >= 11 is 1.69. The van der Waals surface area contributed by atoms with Crippen molar-refractivity contribution in [3.8, 4) is 11.1 Å². The second-order valence-electron chi connectivity index (χ2n) is 7.54. The van der Waals surface area contributed by atoms with Crippen LogP contribution in [0.3, 0.4) is 0 Å². The summed E-state index contributed by atoms with van der Waals surface area (Å²) < 4.78 is 1.80. The number of fused-ring (bicyclic) bond motifs is 3. The van der Waals surface area contributed by atoms with Gasteiger partial charge in [0, 0.05) is 0 Å². The van der Waals surface area contributed by atoms with Gasteiger partial charge in [0.2, 0.25) is 0 Å². The van der Waals surface area contributed by atoms with Crippen LogP contribution in [0.4, 0.5) is 0 Å². The van der Waals surface area contributed by atoms with Gasteiger partial charge in [-0.05, 0) is 18.4 Å². The van der Waals surface area contributed by atoms with Crippen LogP contribution in [-0.4, -0.2) is 3.21 Å². The van der Waals surface area contributed by atoms with Gasteiger partial charge in [0.15, 0.2) is 0 Å². The minimum atomic E-state index is 1.03. The molecule has 1 saturated carbocycles. The molecule has 0 N–H and O–H groups in total. The van der Waals surface area contributed by atoms with Crippen LogP contribution >= 0.6 is 0 Å². The average Bonchev–Trinajstić information content (AvgIpc) is 3.30. The fourth-order valence-corrected chi connectivity index (χ4v) is 5.07. The van der Waals surface area contributed by atoms with E-state index in [9.17, 15) is 0 Å². The Bertz CT molecular complexity index is 890. The van der Waals surface area contributed by atoms with Gasteiger partial charge in [-0.15, -0.1) is 40.5 Å². The van der Waals surface area contributed by atoms with Crippen molar-refractivity contribution in [2.75, 3.05) is 0 Å². The Labute approximate surface area is 172 Å². The van der Waals surface area contributed by atoms with E-state index in [-0.39, 0.29) is 0 Å². The van der Waals surface area contributed by atoms with Gasteiger partial charge in [0.25, 0.3) is 0 Å². The Morgan fingerprint density at radius 1 is 1.04 bits per heavy atom. The summed E-state index contributed by atoms with van der Waals surface area (Å²) in [7, 11) is 0. The first kappa shape index (κ1) is 18.1. The quantitative estimate of drug-likeness (QED) is 0.404. The summed E-state index contributed by atoms with van der Waals surface area (Å²) in [6, 6.07) is 14.7. The van der Waals surface area contributed by atoms with E-state index in [2.05, 4.69) is 61.5 Å². The van der Waals surface area contributed by atoms with E-state index in [1.165, 1.54) is 71.1 Å². The summed E-state index contributed by atoms with van der Waals surface area (Å²) in [6.45, 7) is 2.22. The number of allylic oxidation sites excluding steroid dienone is 4. The predicted molar refractivity (Wildman–Crippen MR) is 108 cm³/mol. The van der Waals surface area contributed by atoms with Crippen LogP contribution in [0, 0.1) is 13.0 Å². The van der Waals surface area contributed by atoms with E-state index in [0.717, 1.165) is 12.8 Å². The summed E-state index contributed by atoms with van der Waals surface area (Å²) in [5.74, 6) is 0. The molecule has 0 unspecified atom stereocenters. The predicted octanol–water partition coefficient (Wildman–Crippen LogP) is 6.38. The maximum absolute atomic E-state index is 3.65. The third-order valence-corrected chi connectivity index (χ3v) is 6.80. The molecule has 0 nitrogen and oxygen atoms in total. The van der Waals surface area contributed by atoms with Crippen molar-refractivity contribution in [3.63, 3.8) is 0 Å². The van der Waals surface area contributed by atoms with Gasteiger partial charge in [-0.1, -0.05) is 54.5 Å². The molecule has 0 spiro atoms. The number of rotatable bonds is 1. The first-order valence-corrected chi connectivity index (χ1v) is 11.0. The first-order valence-electron chi connectivity index (χ1n) is 9.79. The SMILES string of the molecule is Cc1cc(C2=CC=CC2)[c-]c2c1-c1ccccc1C2.[Zr]=[C]1CCCCC1. The van der Waals surface area contributed by atoms with E-state index >= 15 is 0 Å². The molecule has 0 amide bonds. The molecule has 0 radical (unpaired) electrons. The molecule has 3 aliphatic carbocycles. The van der Waals surface area contributed by atoms with Gasteiger partial charge >= 0.3 is 59.5 Å². The maximum atomic E-state index is 3.65. The van der Waals surface area contributed by atoms with Gasteiger partial charge in [0.1, 0.15) is 0 Å². The molecule has 26 heavy (non-hydrogen) atoms. The Balaban J connectivity index is 0.000000204. The van der Waals surface area contributed by atoms with Gasteiger partial charge in [-0.2, -0.15) is 0 Å². The molecule has 0 heterocycles. The fourth-order valence-electron chi connectivity index (χ4n) is 4.20. The van der Waals surface area contributed by atoms with Crippen molar-refractivity contribution in [1.82, 2.24) is 0 Å². The van der Waals surface area contributed by atoms with E-state index < -0.39 is 0 Å². The molecule has 2 aromatic rings. The second-order valence-corrected chi connectivity index (χ2v) is 9.28. The molecule has 0 saturated heterocycles. The van der Waals surface area contributed by atoms with Gasteiger partial charge < -0.3 is 0 Å². The van der Waals surface area contributed by atoms with Gasteiger partial charge in [0.05, 0.1) is 0 Å². The molecule has 0 aliphatic heterocycles. The van der Waals surface area contributed by atoms with Crippen molar-refractivity contribution in [2.24, 2.45) is 0 Å². The van der Waals surface area contributed by atoms with Crippen LogP contribution in [0.2, 0.25) is 0 Å². The van der Waals surface area contributed by atoms with E-state index in [1.54, 1.807) is 27.4 Å². The van der Waals surface area contributed by atoms with E-state index in [1.807, 2.05) is 0 Å². The minimum absolute atomic E-state index is 1.03. The normalized spacial score (nSPS) is 17.2. The van der Waals surface area contributed by atoms with Crippen LogP contribution in [0.5, 0.6) is 0 Å². The van der Waals surface area contributed by atoms with Gasteiger partial charge in [-0.3, -0.25) is 0 Å².